The Labute approximate surface area is 195 Å². The average Bonchev–Trinajstić information content (AvgIpc) is 3.27. The molecule has 10 heteroatoms. The van der Waals surface area contributed by atoms with Gasteiger partial charge in [-0.3, -0.25) is 0 Å². The highest BCUT2D eigenvalue weighted by molar-refractivity contribution is 5.96. The van der Waals surface area contributed by atoms with Crippen molar-refractivity contribution in [2.24, 2.45) is 0 Å². The Morgan fingerprint density at radius 2 is 1.71 bits per heavy atom. The number of nitrogens with two attached hydrogens (primary N) is 2. The molecule has 5 aromatic rings. The number of phenols is 1. The Morgan fingerprint density at radius 1 is 0.971 bits per heavy atom. The van der Waals surface area contributed by atoms with Crippen LogP contribution in [0.4, 0.5) is 17.3 Å². The van der Waals surface area contributed by atoms with Crippen molar-refractivity contribution in [1.82, 2.24) is 24.7 Å². The molecule has 0 fully saturated rings. The van der Waals surface area contributed by atoms with E-state index in [1.807, 2.05) is 54.6 Å². The van der Waals surface area contributed by atoms with Crippen molar-refractivity contribution in [1.29, 1.82) is 5.26 Å². The summed E-state index contributed by atoms with van der Waals surface area (Å²) in [5.74, 6) is 1.50. The molecule has 0 amide bonds. The van der Waals surface area contributed by atoms with Crippen LogP contribution in [-0.4, -0.2) is 29.8 Å². The number of rotatable bonds is 4. The second-order valence-corrected chi connectivity index (χ2v) is 7.10. The molecule has 0 saturated carbocycles. The number of nitrogen functional groups attached to an aromatic ring is 2. The zero-order chi connectivity index (χ0) is 23.9. The number of phenolic OH excluding ortho intramolecular Hbond substituents is 1. The first-order valence-corrected chi connectivity index (χ1v) is 10.2. The van der Waals surface area contributed by atoms with Crippen LogP contribution in [0.25, 0.3) is 16.7 Å². The fourth-order valence-corrected chi connectivity index (χ4v) is 3.22. The third kappa shape index (κ3) is 4.68. The van der Waals surface area contributed by atoms with Crippen LogP contribution in [0.2, 0.25) is 0 Å². The minimum Gasteiger partial charge on any atom is -0.505 e. The van der Waals surface area contributed by atoms with Crippen molar-refractivity contribution in [3.05, 3.63) is 90.5 Å². The van der Waals surface area contributed by atoms with Gasteiger partial charge >= 0.3 is 0 Å². The van der Waals surface area contributed by atoms with Gasteiger partial charge in [-0.25, -0.2) is 15.0 Å². The van der Waals surface area contributed by atoms with Gasteiger partial charge in [-0.1, -0.05) is 30.3 Å². The monoisotopic (exact) mass is 451 g/mol. The maximum absolute atomic E-state index is 10.2. The lowest BCUT2D eigenvalue weighted by molar-refractivity contribution is 0.472. The summed E-state index contributed by atoms with van der Waals surface area (Å²) in [5, 5.41) is 27.8. The van der Waals surface area contributed by atoms with Crippen molar-refractivity contribution in [3.63, 3.8) is 0 Å². The summed E-state index contributed by atoms with van der Waals surface area (Å²) in [6, 6.07) is 18.9. The number of anilines is 3. The highest BCUT2D eigenvalue weighted by atomic mass is 16.3. The Hall–Kier alpha value is -5.17. The van der Waals surface area contributed by atoms with Gasteiger partial charge in [0.1, 0.15) is 29.0 Å². The van der Waals surface area contributed by atoms with Crippen LogP contribution in [0.15, 0.2) is 79.4 Å². The number of pyridine rings is 1. The Morgan fingerprint density at radius 3 is 2.41 bits per heavy atom. The summed E-state index contributed by atoms with van der Waals surface area (Å²) < 4.78 is 1.32. The molecule has 6 N–H and O–H groups in total. The van der Waals surface area contributed by atoms with E-state index < -0.39 is 0 Å². The molecule has 0 spiro atoms. The highest BCUT2D eigenvalue weighted by Crippen LogP contribution is 2.33. The van der Waals surface area contributed by atoms with E-state index in [4.69, 9.17) is 16.7 Å². The van der Waals surface area contributed by atoms with E-state index in [9.17, 15) is 5.11 Å². The van der Waals surface area contributed by atoms with Gasteiger partial charge in [0.25, 0.3) is 5.95 Å². The Bertz CT molecular complexity index is 1440. The van der Waals surface area contributed by atoms with Crippen molar-refractivity contribution < 1.29 is 5.11 Å². The van der Waals surface area contributed by atoms with E-state index in [1.165, 1.54) is 10.9 Å². The van der Waals surface area contributed by atoms with Gasteiger partial charge in [0.15, 0.2) is 0 Å². The van der Waals surface area contributed by atoms with Crippen molar-refractivity contribution in [2.75, 3.05) is 16.8 Å². The molecule has 0 bridgehead atoms. The van der Waals surface area contributed by atoms with E-state index in [0.29, 0.717) is 23.7 Å². The first kappa shape index (κ1) is 22.0. The second kappa shape index (κ2) is 9.97. The maximum Gasteiger partial charge on any atom is 0.252 e. The smallest absolute Gasteiger partial charge is 0.252 e. The lowest BCUT2D eigenvalue weighted by Gasteiger charge is -2.12. The molecule has 0 saturated heterocycles. The molecule has 10 nitrogen and oxygen atoms in total. The topological polar surface area (TPSA) is 165 Å². The van der Waals surface area contributed by atoms with Gasteiger partial charge in [0.2, 0.25) is 0 Å². The summed E-state index contributed by atoms with van der Waals surface area (Å²) in [7, 11) is 0. The second-order valence-electron chi connectivity index (χ2n) is 7.10. The van der Waals surface area contributed by atoms with E-state index in [2.05, 4.69) is 25.4 Å². The van der Waals surface area contributed by atoms with Crippen LogP contribution >= 0.6 is 0 Å². The number of aromatic hydroxyl groups is 1. The molecule has 0 aliphatic carbocycles. The number of hydrogen-bond acceptors (Lipinski definition) is 9. The highest BCUT2D eigenvalue weighted by Gasteiger charge is 2.10. The van der Waals surface area contributed by atoms with Gasteiger partial charge in [-0.15, -0.1) is 0 Å². The minimum atomic E-state index is 0.132. The normalized spacial score (nSPS) is 10.2. The van der Waals surface area contributed by atoms with Crippen LogP contribution < -0.4 is 16.8 Å². The van der Waals surface area contributed by atoms with E-state index in [1.54, 1.807) is 24.7 Å². The lowest BCUT2D eigenvalue weighted by Crippen LogP contribution is -2.06. The molecule has 0 radical (unpaired) electrons. The number of fused-ring (bicyclic) bond motifs is 1. The largest absolute Gasteiger partial charge is 0.505 e. The first-order chi connectivity index (χ1) is 16.6. The molecule has 0 atom stereocenters. The molecule has 3 aromatic heterocycles. The van der Waals surface area contributed by atoms with Crippen LogP contribution in [0.5, 0.6) is 5.75 Å². The third-order valence-electron chi connectivity index (χ3n) is 4.93. The predicted octanol–water partition coefficient (Wildman–Crippen LogP) is 3.25. The van der Waals surface area contributed by atoms with Crippen molar-refractivity contribution in [3.8, 4) is 17.8 Å². The van der Waals surface area contributed by atoms with Crippen LogP contribution in [0.3, 0.4) is 0 Å². The summed E-state index contributed by atoms with van der Waals surface area (Å²) >= 11 is 0. The van der Waals surface area contributed by atoms with E-state index in [0.717, 1.165) is 22.2 Å². The predicted molar refractivity (Wildman–Crippen MR) is 130 cm³/mol. The molecule has 0 aliphatic rings. The van der Waals surface area contributed by atoms with Gasteiger partial charge < -0.3 is 21.9 Å². The quantitative estimate of drug-likeness (QED) is 0.237. The van der Waals surface area contributed by atoms with E-state index in [-0.39, 0.29) is 11.6 Å². The summed E-state index contributed by atoms with van der Waals surface area (Å²) in [5.41, 5.74) is 13.1. The maximum atomic E-state index is 10.2. The van der Waals surface area contributed by atoms with Gasteiger partial charge in [0.05, 0.1) is 11.9 Å². The molecular weight excluding hydrogens is 430 g/mol. The van der Waals surface area contributed by atoms with E-state index >= 15 is 0 Å². The molecule has 3 heterocycles. The molecule has 0 aliphatic heterocycles. The zero-order valence-electron chi connectivity index (χ0n) is 18.0. The average molecular weight is 451 g/mol. The summed E-state index contributed by atoms with van der Waals surface area (Å²) in [4.78, 5) is 12.1. The zero-order valence-corrected chi connectivity index (χ0v) is 18.0. The Balaban J connectivity index is 0.000000172. The fraction of sp³-hybridized carbons (Fsp3) is 0.0417. The van der Waals surface area contributed by atoms with Crippen molar-refractivity contribution in [2.45, 2.75) is 6.54 Å². The summed E-state index contributed by atoms with van der Waals surface area (Å²) in [6.45, 7) is 0.470. The van der Waals surface area contributed by atoms with Crippen LogP contribution in [0.1, 0.15) is 11.1 Å². The van der Waals surface area contributed by atoms with Gasteiger partial charge in [-0.05, 0) is 29.7 Å². The standard InChI is InChI=1S/C16H15N3O.C8H6N6/c17-15-13-6-2-1-5-11(13)9-12(16(15)20)10-19-14-7-3-4-8-18-14;9-4-6-5-13-14(7(6)10)8-11-2-1-3-12-8/h1-9,20H,10,17H2,(H,18,19);1-3,5H,10H2. The fourth-order valence-electron chi connectivity index (χ4n) is 3.22. The van der Waals surface area contributed by atoms with Crippen LogP contribution in [-0.2, 0) is 6.54 Å². The number of aromatic nitrogens is 5. The lowest BCUT2D eigenvalue weighted by atomic mass is 10.0. The molecule has 168 valence electrons. The number of nitriles is 1. The third-order valence-corrected chi connectivity index (χ3v) is 4.93. The van der Waals surface area contributed by atoms with Gasteiger partial charge in [0, 0.05) is 36.1 Å². The molecule has 2 aromatic carbocycles. The summed E-state index contributed by atoms with van der Waals surface area (Å²) in [6.07, 6.45) is 6.26. The number of hydrogen-bond donors (Lipinski definition) is 4. The number of nitrogens with one attached hydrogen (secondary N) is 1. The number of benzene rings is 2. The minimum absolute atomic E-state index is 0.132. The van der Waals surface area contributed by atoms with Crippen molar-refractivity contribution >= 4 is 28.1 Å². The SMILES string of the molecule is N#Cc1cnn(-c2ncccn2)c1N.Nc1c(O)c(CNc2ccccn2)cc2ccccc12. The molecule has 0 unspecified atom stereocenters. The van der Waals surface area contributed by atoms with Gasteiger partial charge in [-0.2, -0.15) is 15.0 Å². The number of nitrogens with zero attached hydrogens (tertiary/aromatic N) is 6. The molecule has 5 rings (SSSR count). The first-order valence-electron chi connectivity index (χ1n) is 10.2. The molecular formula is C24H21N9O. The molecule has 34 heavy (non-hydrogen) atoms. The van der Waals surface area contributed by atoms with Crippen LogP contribution in [0, 0.1) is 11.3 Å². The Kier molecular flexibility index (Phi) is 6.46.